The van der Waals surface area contributed by atoms with Gasteiger partial charge in [0.1, 0.15) is 11.9 Å². The van der Waals surface area contributed by atoms with E-state index >= 15 is 0 Å². The Hall–Kier alpha value is -3.80. The molecular weight excluding hydrogens is 414 g/mol. The minimum absolute atomic E-state index is 0.00383. The number of para-hydroxylation sites is 2. The quantitative estimate of drug-likeness (QED) is 0.620. The zero-order chi connectivity index (χ0) is 22.8. The molecule has 0 aromatic heterocycles. The van der Waals surface area contributed by atoms with E-state index < -0.39 is 6.17 Å². The van der Waals surface area contributed by atoms with E-state index in [1.54, 1.807) is 4.90 Å². The molecule has 3 aromatic carbocycles. The summed E-state index contributed by atoms with van der Waals surface area (Å²) in [5.74, 6) is 0.506. The molecule has 2 aliphatic rings. The number of rotatable bonds is 5. The summed E-state index contributed by atoms with van der Waals surface area (Å²) in [6.45, 7) is 3.58. The monoisotopic (exact) mass is 441 g/mol. The molecule has 0 radical (unpaired) electrons. The van der Waals surface area contributed by atoms with E-state index in [4.69, 9.17) is 4.74 Å². The van der Waals surface area contributed by atoms with Gasteiger partial charge >= 0.3 is 0 Å². The highest BCUT2D eigenvalue weighted by atomic mass is 16.5. The SMILES string of the molecule is Cc1cccc(N2C(=O)c3ccccc3N[C@@H]2c2ccccc2OCC(=O)N2CCCC2)c1. The molecule has 3 aromatic rings. The second-order valence-corrected chi connectivity index (χ2v) is 8.52. The van der Waals surface area contributed by atoms with Crippen LogP contribution in [0.25, 0.3) is 0 Å². The number of likely N-dealkylation sites (tertiary alicyclic amines) is 1. The number of carbonyl (C=O) groups is 2. The maximum atomic E-state index is 13.6. The summed E-state index contributed by atoms with van der Waals surface area (Å²) in [7, 11) is 0. The Morgan fingerprint density at radius 1 is 1.00 bits per heavy atom. The molecule has 1 saturated heterocycles. The number of amides is 2. The van der Waals surface area contributed by atoms with Crippen molar-refractivity contribution >= 4 is 23.2 Å². The number of carbonyl (C=O) groups excluding carboxylic acids is 2. The van der Waals surface area contributed by atoms with Crippen LogP contribution in [0.4, 0.5) is 11.4 Å². The van der Waals surface area contributed by atoms with E-state index in [-0.39, 0.29) is 18.4 Å². The van der Waals surface area contributed by atoms with Crippen LogP contribution in [0.2, 0.25) is 0 Å². The number of fused-ring (bicyclic) bond motifs is 1. The van der Waals surface area contributed by atoms with Crippen molar-refractivity contribution in [3.8, 4) is 5.75 Å². The van der Waals surface area contributed by atoms with Crippen LogP contribution < -0.4 is 15.0 Å². The van der Waals surface area contributed by atoms with E-state index in [1.807, 2.05) is 84.6 Å². The molecule has 2 amide bonds. The van der Waals surface area contributed by atoms with Crippen LogP contribution in [-0.4, -0.2) is 36.4 Å². The van der Waals surface area contributed by atoms with Gasteiger partial charge in [-0.05, 0) is 55.7 Å². The summed E-state index contributed by atoms with van der Waals surface area (Å²) in [4.78, 5) is 29.8. The van der Waals surface area contributed by atoms with Crippen LogP contribution in [0.5, 0.6) is 5.75 Å². The second kappa shape index (κ2) is 8.98. The van der Waals surface area contributed by atoms with E-state index in [0.29, 0.717) is 11.3 Å². The van der Waals surface area contributed by atoms with Gasteiger partial charge in [-0.2, -0.15) is 0 Å². The van der Waals surface area contributed by atoms with Gasteiger partial charge in [-0.25, -0.2) is 0 Å². The molecule has 6 heteroatoms. The first kappa shape index (κ1) is 21.1. The third-order valence-corrected chi connectivity index (χ3v) is 6.23. The Morgan fingerprint density at radius 2 is 1.76 bits per heavy atom. The number of hydrogen-bond donors (Lipinski definition) is 1. The molecule has 33 heavy (non-hydrogen) atoms. The lowest BCUT2D eigenvalue weighted by molar-refractivity contribution is -0.132. The predicted octanol–water partition coefficient (Wildman–Crippen LogP) is 4.77. The summed E-state index contributed by atoms with van der Waals surface area (Å²) in [6, 6.07) is 23.0. The van der Waals surface area contributed by atoms with Crippen molar-refractivity contribution in [2.45, 2.75) is 25.9 Å². The van der Waals surface area contributed by atoms with Crippen molar-refractivity contribution in [2.24, 2.45) is 0 Å². The largest absolute Gasteiger partial charge is 0.483 e. The highest BCUT2D eigenvalue weighted by Crippen LogP contribution is 2.39. The van der Waals surface area contributed by atoms with Gasteiger partial charge in [0.05, 0.1) is 5.56 Å². The van der Waals surface area contributed by atoms with Gasteiger partial charge in [-0.15, -0.1) is 0 Å². The Labute approximate surface area is 193 Å². The fraction of sp³-hybridized carbons (Fsp3) is 0.259. The first-order valence-electron chi connectivity index (χ1n) is 11.4. The first-order chi connectivity index (χ1) is 16.1. The normalized spacial score (nSPS) is 17.5. The Kier molecular flexibility index (Phi) is 5.73. The maximum absolute atomic E-state index is 13.6. The highest BCUT2D eigenvalue weighted by Gasteiger charge is 2.35. The van der Waals surface area contributed by atoms with Crippen LogP contribution in [0.1, 0.15) is 40.5 Å². The van der Waals surface area contributed by atoms with Crippen molar-refractivity contribution in [3.05, 3.63) is 89.5 Å². The van der Waals surface area contributed by atoms with E-state index in [9.17, 15) is 9.59 Å². The molecule has 168 valence electrons. The van der Waals surface area contributed by atoms with E-state index in [0.717, 1.165) is 48.4 Å². The molecule has 0 aliphatic carbocycles. The molecule has 0 unspecified atom stereocenters. The van der Waals surface area contributed by atoms with Gasteiger partial charge in [0.2, 0.25) is 0 Å². The molecule has 1 atom stereocenters. The Bertz CT molecular complexity index is 1190. The number of aryl methyl sites for hydroxylation is 1. The van der Waals surface area contributed by atoms with E-state index in [1.165, 1.54) is 0 Å². The molecule has 0 bridgehead atoms. The van der Waals surface area contributed by atoms with Crippen molar-refractivity contribution < 1.29 is 14.3 Å². The number of nitrogens with zero attached hydrogens (tertiary/aromatic N) is 2. The average Bonchev–Trinajstić information content (AvgIpc) is 3.38. The van der Waals surface area contributed by atoms with Crippen LogP contribution in [0, 0.1) is 6.92 Å². The minimum Gasteiger partial charge on any atom is -0.483 e. The van der Waals surface area contributed by atoms with Gasteiger partial charge in [0.15, 0.2) is 6.61 Å². The molecular formula is C27H27N3O3. The lowest BCUT2D eigenvalue weighted by Crippen LogP contribution is -2.43. The lowest BCUT2D eigenvalue weighted by Gasteiger charge is -2.38. The number of benzene rings is 3. The van der Waals surface area contributed by atoms with Gasteiger partial charge in [-0.3, -0.25) is 14.5 Å². The smallest absolute Gasteiger partial charge is 0.262 e. The fourth-order valence-electron chi connectivity index (χ4n) is 4.55. The highest BCUT2D eigenvalue weighted by molar-refractivity contribution is 6.12. The Morgan fingerprint density at radius 3 is 2.58 bits per heavy atom. The topological polar surface area (TPSA) is 61.9 Å². The summed E-state index contributed by atoms with van der Waals surface area (Å²) in [5, 5.41) is 3.52. The average molecular weight is 442 g/mol. The summed E-state index contributed by atoms with van der Waals surface area (Å²) in [5.41, 5.74) is 4.07. The molecule has 2 heterocycles. The number of hydrogen-bond acceptors (Lipinski definition) is 4. The van der Waals surface area contributed by atoms with Crippen molar-refractivity contribution in [2.75, 3.05) is 29.9 Å². The third kappa shape index (κ3) is 4.16. The standard InChI is InChI=1S/C27H27N3O3/c1-19-9-8-10-20(17-19)30-26(28-23-13-4-2-11-21(23)27(30)32)22-12-3-5-14-24(22)33-18-25(31)29-15-6-7-16-29/h2-5,8-14,17,26,28H,6-7,15-16,18H2,1H3/t26-/m0/s1. The molecule has 1 fully saturated rings. The number of anilines is 2. The van der Waals surface area contributed by atoms with Gasteiger partial charge in [0.25, 0.3) is 11.8 Å². The predicted molar refractivity (Wildman–Crippen MR) is 129 cm³/mol. The fourth-order valence-corrected chi connectivity index (χ4v) is 4.55. The third-order valence-electron chi connectivity index (χ3n) is 6.23. The van der Waals surface area contributed by atoms with Gasteiger partial charge in [-0.1, -0.05) is 42.5 Å². The Balaban J connectivity index is 1.51. The summed E-state index contributed by atoms with van der Waals surface area (Å²) >= 11 is 0. The summed E-state index contributed by atoms with van der Waals surface area (Å²) in [6.07, 6.45) is 1.61. The second-order valence-electron chi connectivity index (χ2n) is 8.52. The summed E-state index contributed by atoms with van der Waals surface area (Å²) < 4.78 is 6.03. The number of nitrogens with one attached hydrogen (secondary N) is 1. The van der Waals surface area contributed by atoms with Crippen LogP contribution >= 0.6 is 0 Å². The van der Waals surface area contributed by atoms with Crippen molar-refractivity contribution in [3.63, 3.8) is 0 Å². The zero-order valence-corrected chi connectivity index (χ0v) is 18.7. The lowest BCUT2D eigenvalue weighted by atomic mass is 10.0. The molecule has 5 rings (SSSR count). The first-order valence-corrected chi connectivity index (χ1v) is 11.4. The molecule has 1 N–H and O–H groups in total. The number of ether oxygens (including phenoxy) is 1. The van der Waals surface area contributed by atoms with Crippen LogP contribution in [-0.2, 0) is 4.79 Å². The molecule has 0 saturated carbocycles. The van der Waals surface area contributed by atoms with Gasteiger partial charge < -0.3 is 15.0 Å². The molecule has 2 aliphatic heterocycles. The van der Waals surface area contributed by atoms with E-state index in [2.05, 4.69) is 5.32 Å². The molecule has 6 nitrogen and oxygen atoms in total. The minimum atomic E-state index is -0.479. The van der Waals surface area contributed by atoms with Crippen molar-refractivity contribution in [1.29, 1.82) is 0 Å². The van der Waals surface area contributed by atoms with Crippen LogP contribution in [0.3, 0.4) is 0 Å². The van der Waals surface area contributed by atoms with Gasteiger partial charge in [0, 0.05) is 30.0 Å². The zero-order valence-electron chi connectivity index (χ0n) is 18.7. The van der Waals surface area contributed by atoms with Crippen LogP contribution in [0.15, 0.2) is 72.8 Å². The van der Waals surface area contributed by atoms with Crippen molar-refractivity contribution in [1.82, 2.24) is 4.90 Å². The maximum Gasteiger partial charge on any atom is 0.262 e. The molecule has 0 spiro atoms.